The van der Waals surface area contributed by atoms with Crippen molar-refractivity contribution in [2.45, 2.75) is 33.7 Å². The van der Waals surface area contributed by atoms with Crippen LogP contribution < -0.4 is 10.1 Å². The van der Waals surface area contributed by atoms with Crippen molar-refractivity contribution in [3.63, 3.8) is 0 Å². The van der Waals surface area contributed by atoms with Gasteiger partial charge in [-0.1, -0.05) is 38.1 Å². The predicted molar refractivity (Wildman–Crippen MR) is 94.0 cm³/mol. The van der Waals surface area contributed by atoms with Crippen molar-refractivity contribution in [2.24, 2.45) is 5.92 Å². The van der Waals surface area contributed by atoms with Crippen LogP contribution in [0.25, 0.3) is 0 Å². The second kappa shape index (κ2) is 8.08. The Morgan fingerprint density at radius 3 is 1.96 bits per heavy atom. The van der Waals surface area contributed by atoms with Gasteiger partial charge >= 0.3 is 5.97 Å². The molecule has 0 aliphatic heterocycles. The molecule has 138 valence electrons. The molecule has 2 aromatic rings. The molecule has 1 N–H and O–H groups in total. The lowest BCUT2D eigenvalue weighted by Crippen LogP contribution is -2.47. The van der Waals surface area contributed by atoms with Gasteiger partial charge in [0, 0.05) is 0 Å². The Morgan fingerprint density at radius 2 is 1.46 bits per heavy atom. The molecule has 2 rings (SSSR count). The van der Waals surface area contributed by atoms with Crippen LogP contribution in [0.1, 0.15) is 35.3 Å². The Labute approximate surface area is 151 Å². The molecule has 6 heteroatoms. The first kappa shape index (κ1) is 19.6. The number of amides is 1. The SMILES string of the molecule is Cc1cccc(C)c1OC(=O)[C@@H](NC(=O)c1c(F)cccc1F)C(C)C. The second-order valence-electron chi connectivity index (χ2n) is 6.43. The quantitative estimate of drug-likeness (QED) is 0.648. The number of benzene rings is 2. The van der Waals surface area contributed by atoms with Crippen LogP contribution in [0.2, 0.25) is 0 Å². The summed E-state index contributed by atoms with van der Waals surface area (Å²) in [4.78, 5) is 24.9. The average Bonchev–Trinajstić information content (AvgIpc) is 2.55. The molecule has 26 heavy (non-hydrogen) atoms. The molecule has 0 aliphatic rings. The molecule has 1 amide bonds. The monoisotopic (exact) mass is 361 g/mol. The highest BCUT2D eigenvalue weighted by Crippen LogP contribution is 2.23. The number of carbonyl (C=O) groups excluding carboxylic acids is 2. The van der Waals surface area contributed by atoms with Crippen molar-refractivity contribution in [1.82, 2.24) is 5.32 Å². The van der Waals surface area contributed by atoms with Crippen LogP contribution in [0.15, 0.2) is 36.4 Å². The summed E-state index contributed by atoms with van der Waals surface area (Å²) < 4.78 is 33.0. The normalized spacial score (nSPS) is 12.0. The fourth-order valence-corrected chi connectivity index (χ4v) is 2.55. The van der Waals surface area contributed by atoms with Crippen LogP contribution in [0.4, 0.5) is 8.78 Å². The van der Waals surface area contributed by atoms with Crippen molar-refractivity contribution in [1.29, 1.82) is 0 Å². The maximum absolute atomic E-state index is 13.8. The number of rotatable bonds is 5. The summed E-state index contributed by atoms with van der Waals surface area (Å²) in [5, 5.41) is 2.38. The molecule has 1 atom stereocenters. The summed E-state index contributed by atoms with van der Waals surface area (Å²) >= 11 is 0. The summed E-state index contributed by atoms with van der Waals surface area (Å²) in [5.74, 6) is -3.61. The van der Waals surface area contributed by atoms with Gasteiger partial charge in [-0.2, -0.15) is 0 Å². The number of hydrogen-bond donors (Lipinski definition) is 1. The molecule has 0 aromatic heterocycles. The van der Waals surface area contributed by atoms with E-state index in [0.717, 1.165) is 29.3 Å². The summed E-state index contributed by atoms with van der Waals surface area (Å²) in [6, 6.07) is 7.51. The number of halogens is 2. The van der Waals surface area contributed by atoms with Gasteiger partial charge in [0.1, 0.15) is 29.0 Å². The van der Waals surface area contributed by atoms with E-state index in [1.165, 1.54) is 0 Å². The number of hydrogen-bond acceptors (Lipinski definition) is 3. The first-order chi connectivity index (χ1) is 12.2. The fourth-order valence-electron chi connectivity index (χ4n) is 2.55. The number of ether oxygens (including phenoxy) is 1. The Balaban J connectivity index is 2.23. The number of para-hydroxylation sites is 1. The van der Waals surface area contributed by atoms with Crippen LogP contribution in [-0.2, 0) is 4.79 Å². The molecule has 0 spiro atoms. The van der Waals surface area contributed by atoms with E-state index in [1.807, 2.05) is 6.07 Å². The number of aryl methyl sites for hydroxylation is 2. The highest BCUT2D eigenvalue weighted by Gasteiger charge is 2.29. The molecular weight excluding hydrogens is 340 g/mol. The van der Waals surface area contributed by atoms with E-state index >= 15 is 0 Å². The van der Waals surface area contributed by atoms with Crippen molar-refractivity contribution in [3.8, 4) is 5.75 Å². The molecule has 0 aliphatic carbocycles. The topological polar surface area (TPSA) is 55.4 Å². The largest absolute Gasteiger partial charge is 0.424 e. The minimum absolute atomic E-state index is 0.342. The van der Waals surface area contributed by atoms with E-state index in [2.05, 4.69) is 5.32 Å². The van der Waals surface area contributed by atoms with Gasteiger partial charge in [0.25, 0.3) is 5.91 Å². The Bertz CT molecular complexity index is 793. The van der Waals surface area contributed by atoms with Crippen LogP contribution in [0.5, 0.6) is 5.75 Å². The average molecular weight is 361 g/mol. The molecule has 2 aromatic carbocycles. The van der Waals surface area contributed by atoms with E-state index in [-0.39, 0.29) is 5.92 Å². The van der Waals surface area contributed by atoms with E-state index in [0.29, 0.717) is 5.75 Å². The molecule has 0 fully saturated rings. The standard InChI is InChI=1S/C20H21F2NO3/c1-11(2)17(20(25)26-18-12(3)7-5-8-13(18)4)23-19(24)16-14(21)9-6-10-15(16)22/h5-11,17H,1-4H3,(H,23,24)/t17-/m0/s1. The van der Waals surface area contributed by atoms with Gasteiger partial charge < -0.3 is 10.1 Å². The van der Waals surface area contributed by atoms with Crippen molar-refractivity contribution in [3.05, 3.63) is 64.7 Å². The third kappa shape index (κ3) is 4.25. The van der Waals surface area contributed by atoms with Crippen molar-refractivity contribution >= 4 is 11.9 Å². The lowest BCUT2D eigenvalue weighted by atomic mass is 10.0. The number of esters is 1. The highest BCUT2D eigenvalue weighted by molar-refractivity contribution is 5.97. The molecule has 0 bridgehead atoms. The highest BCUT2D eigenvalue weighted by atomic mass is 19.1. The minimum Gasteiger partial charge on any atom is -0.424 e. The summed E-state index contributed by atoms with van der Waals surface area (Å²) in [7, 11) is 0. The van der Waals surface area contributed by atoms with Gasteiger partial charge in [0.2, 0.25) is 0 Å². The Hall–Kier alpha value is -2.76. The third-order valence-electron chi connectivity index (χ3n) is 4.01. The molecule has 0 saturated heterocycles. The van der Waals surface area contributed by atoms with E-state index in [9.17, 15) is 18.4 Å². The maximum Gasteiger partial charge on any atom is 0.334 e. The first-order valence-corrected chi connectivity index (χ1v) is 8.25. The summed E-state index contributed by atoms with van der Waals surface area (Å²) in [5.41, 5.74) is 0.817. The zero-order valence-electron chi connectivity index (χ0n) is 15.1. The second-order valence-corrected chi connectivity index (χ2v) is 6.43. The van der Waals surface area contributed by atoms with Gasteiger partial charge in [-0.25, -0.2) is 13.6 Å². The van der Waals surface area contributed by atoms with Gasteiger partial charge in [-0.3, -0.25) is 4.79 Å². The van der Waals surface area contributed by atoms with Gasteiger partial charge in [-0.15, -0.1) is 0 Å². The molecular formula is C20H21F2NO3. The predicted octanol–water partition coefficient (Wildman–Crippen LogP) is 3.94. The van der Waals surface area contributed by atoms with Gasteiger partial charge in [-0.05, 0) is 43.0 Å². The lowest BCUT2D eigenvalue weighted by Gasteiger charge is -2.22. The van der Waals surface area contributed by atoms with E-state index in [1.54, 1.807) is 39.8 Å². The fraction of sp³-hybridized carbons (Fsp3) is 0.300. The maximum atomic E-state index is 13.8. The van der Waals surface area contributed by atoms with Crippen molar-refractivity contribution < 1.29 is 23.1 Å². The van der Waals surface area contributed by atoms with E-state index < -0.39 is 35.1 Å². The van der Waals surface area contributed by atoms with E-state index in [4.69, 9.17) is 4.74 Å². The van der Waals surface area contributed by atoms with Gasteiger partial charge in [0.15, 0.2) is 0 Å². The first-order valence-electron chi connectivity index (χ1n) is 8.25. The van der Waals surface area contributed by atoms with Gasteiger partial charge in [0.05, 0.1) is 0 Å². The molecule has 0 heterocycles. The van der Waals surface area contributed by atoms with Crippen LogP contribution in [0.3, 0.4) is 0 Å². The molecule has 0 saturated carbocycles. The molecule has 0 radical (unpaired) electrons. The number of carbonyl (C=O) groups is 2. The van der Waals surface area contributed by atoms with Crippen LogP contribution in [-0.4, -0.2) is 17.9 Å². The molecule has 4 nitrogen and oxygen atoms in total. The smallest absolute Gasteiger partial charge is 0.334 e. The Morgan fingerprint density at radius 1 is 0.962 bits per heavy atom. The summed E-state index contributed by atoms with van der Waals surface area (Å²) in [6.07, 6.45) is 0. The summed E-state index contributed by atoms with van der Waals surface area (Å²) in [6.45, 7) is 7.00. The third-order valence-corrected chi connectivity index (χ3v) is 4.01. The van der Waals surface area contributed by atoms with Crippen LogP contribution in [0, 0.1) is 31.4 Å². The number of nitrogens with one attached hydrogen (secondary N) is 1. The van der Waals surface area contributed by atoms with Crippen LogP contribution >= 0.6 is 0 Å². The van der Waals surface area contributed by atoms with Crippen molar-refractivity contribution in [2.75, 3.05) is 0 Å². The lowest BCUT2D eigenvalue weighted by molar-refractivity contribution is -0.137. The Kier molecular flexibility index (Phi) is 6.08. The minimum atomic E-state index is -1.06. The zero-order valence-corrected chi connectivity index (χ0v) is 15.1. The zero-order chi connectivity index (χ0) is 19.4. The molecule has 0 unspecified atom stereocenters.